The van der Waals surface area contributed by atoms with E-state index in [1.807, 2.05) is 0 Å². The summed E-state index contributed by atoms with van der Waals surface area (Å²) in [4.78, 5) is 15.4. The summed E-state index contributed by atoms with van der Waals surface area (Å²) in [5, 5.41) is 3.90. The quantitative estimate of drug-likeness (QED) is 0.757. The molecule has 0 aliphatic rings. The summed E-state index contributed by atoms with van der Waals surface area (Å²) in [6.45, 7) is 5.96. The van der Waals surface area contributed by atoms with E-state index in [0.29, 0.717) is 28.9 Å². The van der Waals surface area contributed by atoms with Crippen LogP contribution in [0.2, 0.25) is 0 Å². The highest BCUT2D eigenvalue weighted by Crippen LogP contribution is 2.14. The van der Waals surface area contributed by atoms with Crippen LogP contribution in [-0.4, -0.2) is 15.9 Å². The van der Waals surface area contributed by atoms with Crippen molar-refractivity contribution in [2.75, 3.05) is 0 Å². The van der Waals surface area contributed by atoms with Crippen molar-refractivity contribution < 1.29 is 14.1 Å². The highest BCUT2D eigenvalue weighted by Gasteiger charge is 2.08. The molecule has 1 heterocycles. The molecule has 0 spiro atoms. The first-order valence-corrected chi connectivity index (χ1v) is 6.60. The molecule has 0 unspecified atom stereocenters. The summed E-state index contributed by atoms with van der Waals surface area (Å²) in [5.74, 6) is 2.34. The van der Waals surface area contributed by atoms with Gasteiger partial charge in [-0.25, -0.2) is 0 Å². The van der Waals surface area contributed by atoms with Gasteiger partial charge in [0.05, 0.1) is 0 Å². The number of ketones is 1. The van der Waals surface area contributed by atoms with E-state index in [1.54, 1.807) is 24.3 Å². The van der Waals surface area contributed by atoms with Gasteiger partial charge in [0.1, 0.15) is 5.75 Å². The molecule has 0 radical (unpaired) electrons. The Morgan fingerprint density at radius 3 is 2.60 bits per heavy atom. The second-order valence-electron chi connectivity index (χ2n) is 5.07. The van der Waals surface area contributed by atoms with Crippen LogP contribution in [0, 0.1) is 5.92 Å². The fourth-order valence-electron chi connectivity index (χ4n) is 1.73. The summed E-state index contributed by atoms with van der Waals surface area (Å²) in [5.41, 5.74) is 0.661. The Kier molecular flexibility index (Phi) is 4.50. The Balaban J connectivity index is 1.91. The normalized spacial score (nSPS) is 10.8. The Bertz CT molecular complexity index is 573. The van der Waals surface area contributed by atoms with Crippen LogP contribution < -0.4 is 4.74 Å². The third-order valence-corrected chi connectivity index (χ3v) is 2.72. The number of carbonyl (C=O) groups is 1. The number of nitrogens with zero attached hydrogens (tertiary/aromatic N) is 2. The van der Waals surface area contributed by atoms with Crippen LogP contribution in [0.4, 0.5) is 0 Å². The van der Waals surface area contributed by atoms with E-state index >= 15 is 0 Å². The Morgan fingerprint density at radius 1 is 1.30 bits per heavy atom. The van der Waals surface area contributed by atoms with Gasteiger partial charge >= 0.3 is 0 Å². The third-order valence-electron chi connectivity index (χ3n) is 2.72. The maximum absolute atomic E-state index is 11.2. The van der Waals surface area contributed by atoms with Crippen LogP contribution in [0.15, 0.2) is 28.8 Å². The Hall–Kier alpha value is -2.17. The zero-order valence-electron chi connectivity index (χ0n) is 11.9. The van der Waals surface area contributed by atoms with Gasteiger partial charge in [0.2, 0.25) is 0 Å². The predicted molar refractivity (Wildman–Crippen MR) is 73.6 cm³/mol. The van der Waals surface area contributed by atoms with E-state index in [0.717, 1.165) is 6.42 Å². The zero-order chi connectivity index (χ0) is 14.5. The molecular weight excluding hydrogens is 256 g/mol. The Labute approximate surface area is 118 Å². The topological polar surface area (TPSA) is 65.2 Å². The van der Waals surface area contributed by atoms with E-state index in [9.17, 15) is 4.79 Å². The van der Waals surface area contributed by atoms with Crippen molar-refractivity contribution in [3.63, 3.8) is 0 Å². The molecule has 2 rings (SSSR count). The number of benzene rings is 1. The monoisotopic (exact) mass is 274 g/mol. The van der Waals surface area contributed by atoms with Gasteiger partial charge in [0.25, 0.3) is 5.89 Å². The summed E-state index contributed by atoms with van der Waals surface area (Å²) in [6, 6.07) is 6.97. The maximum atomic E-state index is 11.2. The molecular formula is C15H18N2O3. The molecule has 1 aromatic heterocycles. The van der Waals surface area contributed by atoms with Gasteiger partial charge in [0, 0.05) is 12.0 Å². The maximum Gasteiger partial charge on any atom is 0.264 e. The number of hydrogen-bond donors (Lipinski definition) is 0. The molecule has 2 aromatic rings. The van der Waals surface area contributed by atoms with Gasteiger partial charge in [-0.1, -0.05) is 19.0 Å². The van der Waals surface area contributed by atoms with Crippen LogP contribution in [-0.2, 0) is 13.0 Å². The number of ether oxygens (including phenoxy) is 1. The molecule has 5 heteroatoms. The van der Waals surface area contributed by atoms with Crippen LogP contribution in [0.3, 0.4) is 0 Å². The highest BCUT2D eigenvalue weighted by molar-refractivity contribution is 5.94. The molecule has 0 bridgehead atoms. The highest BCUT2D eigenvalue weighted by atomic mass is 16.5. The van der Waals surface area contributed by atoms with Crippen LogP contribution in [0.5, 0.6) is 5.75 Å². The number of aromatic nitrogens is 2. The average molecular weight is 274 g/mol. The van der Waals surface area contributed by atoms with Gasteiger partial charge < -0.3 is 9.26 Å². The minimum absolute atomic E-state index is 0.0341. The summed E-state index contributed by atoms with van der Waals surface area (Å²) < 4.78 is 10.6. The Morgan fingerprint density at radius 2 is 2.00 bits per heavy atom. The lowest BCUT2D eigenvalue weighted by Gasteiger charge is -2.03. The summed E-state index contributed by atoms with van der Waals surface area (Å²) in [6.07, 6.45) is 0.789. The van der Waals surface area contributed by atoms with Crippen LogP contribution in [0.1, 0.15) is 42.8 Å². The number of rotatable bonds is 6. The smallest absolute Gasteiger partial charge is 0.264 e. The van der Waals surface area contributed by atoms with Gasteiger partial charge in [0.15, 0.2) is 18.2 Å². The second kappa shape index (κ2) is 6.32. The first-order valence-electron chi connectivity index (χ1n) is 6.60. The molecule has 0 N–H and O–H groups in total. The van der Waals surface area contributed by atoms with Crippen LogP contribution >= 0.6 is 0 Å². The molecule has 0 aliphatic carbocycles. The lowest BCUT2D eigenvalue weighted by atomic mass is 10.1. The van der Waals surface area contributed by atoms with Crippen molar-refractivity contribution >= 4 is 5.78 Å². The van der Waals surface area contributed by atoms with Gasteiger partial charge in [-0.15, -0.1) is 0 Å². The van der Waals surface area contributed by atoms with Crippen molar-refractivity contribution in [3.05, 3.63) is 41.5 Å². The molecule has 0 atom stereocenters. The van der Waals surface area contributed by atoms with Crippen molar-refractivity contribution in [3.8, 4) is 5.75 Å². The fraction of sp³-hybridized carbons (Fsp3) is 0.400. The van der Waals surface area contributed by atoms with Gasteiger partial charge in [-0.2, -0.15) is 4.98 Å². The van der Waals surface area contributed by atoms with E-state index in [4.69, 9.17) is 9.26 Å². The second-order valence-corrected chi connectivity index (χ2v) is 5.07. The lowest BCUT2D eigenvalue weighted by Crippen LogP contribution is -1.99. The van der Waals surface area contributed by atoms with E-state index < -0.39 is 0 Å². The van der Waals surface area contributed by atoms with Crippen molar-refractivity contribution in [2.45, 2.75) is 33.8 Å². The van der Waals surface area contributed by atoms with E-state index in [-0.39, 0.29) is 12.4 Å². The number of hydrogen-bond acceptors (Lipinski definition) is 5. The summed E-state index contributed by atoms with van der Waals surface area (Å²) >= 11 is 0. The SMILES string of the molecule is CC(=O)c1ccc(OCc2nc(CC(C)C)no2)cc1. The van der Waals surface area contributed by atoms with E-state index in [2.05, 4.69) is 24.0 Å². The van der Waals surface area contributed by atoms with E-state index in [1.165, 1.54) is 6.92 Å². The largest absolute Gasteiger partial charge is 0.484 e. The third kappa shape index (κ3) is 3.91. The van der Waals surface area contributed by atoms with Gasteiger partial charge in [-0.05, 0) is 37.1 Å². The molecule has 0 aliphatic heterocycles. The molecule has 0 saturated carbocycles. The molecule has 106 valence electrons. The zero-order valence-corrected chi connectivity index (χ0v) is 11.9. The average Bonchev–Trinajstić information content (AvgIpc) is 2.83. The first kappa shape index (κ1) is 14.2. The standard InChI is InChI=1S/C15H18N2O3/c1-10(2)8-14-16-15(20-17-14)9-19-13-6-4-12(5-7-13)11(3)18/h4-7,10H,8-9H2,1-3H3. The molecule has 0 saturated heterocycles. The molecule has 0 amide bonds. The van der Waals surface area contributed by atoms with Crippen LogP contribution in [0.25, 0.3) is 0 Å². The fourth-order valence-corrected chi connectivity index (χ4v) is 1.73. The minimum atomic E-state index is 0.0341. The van der Waals surface area contributed by atoms with Crippen molar-refractivity contribution in [1.82, 2.24) is 10.1 Å². The minimum Gasteiger partial charge on any atom is -0.484 e. The number of carbonyl (C=O) groups excluding carboxylic acids is 1. The predicted octanol–water partition coefficient (Wildman–Crippen LogP) is 3.05. The number of Topliss-reactive ketones (excluding diaryl/α,β-unsaturated/α-hetero) is 1. The van der Waals surface area contributed by atoms with Crippen molar-refractivity contribution in [1.29, 1.82) is 0 Å². The molecule has 20 heavy (non-hydrogen) atoms. The van der Waals surface area contributed by atoms with Gasteiger partial charge in [-0.3, -0.25) is 4.79 Å². The molecule has 5 nitrogen and oxygen atoms in total. The first-order chi connectivity index (χ1) is 9.54. The molecule has 0 fully saturated rings. The molecule has 1 aromatic carbocycles. The lowest BCUT2D eigenvalue weighted by molar-refractivity contribution is 0.101. The summed E-state index contributed by atoms with van der Waals surface area (Å²) in [7, 11) is 0. The van der Waals surface area contributed by atoms with Crippen molar-refractivity contribution in [2.24, 2.45) is 5.92 Å².